The first-order valence-corrected chi connectivity index (χ1v) is 26.0. The molecule has 0 aliphatic heterocycles. The second-order valence-electron chi connectivity index (χ2n) is 18.3. The number of pyridine rings is 1. The maximum Gasteiger partial charge on any atom is 0.180 e. The zero-order valence-corrected chi connectivity index (χ0v) is 39.2. The van der Waals surface area contributed by atoms with Crippen molar-refractivity contribution in [3.63, 3.8) is 0 Å². The molecule has 5 heteroatoms. The zero-order chi connectivity index (χ0) is 46.2. The third kappa shape index (κ3) is 5.98. The number of fused-ring (bicyclic) bond motifs is 9. The lowest BCUT2D eigenvalue weighted by Crippen LogP contribution is -2.75. The van der Waals surface area contributed by atoms with Crippen LogP contribution < -0.4 is 20.7 Å². The van der Waals surface area contributed by atoms with Gasteiger partial charge in [0.1, 0.15) is 11.6 Å². The minimum atomic E-state index is -2.98. The molecule has 0 aliphatic carbocycles. The Morgan fingerprint density at radius 1 is 0.271 bits per heavy atom. The second-order valence-corrected chi connectivity index (χ2v) is 22.0. The highest BCUT2D eigenvalue weighted by molar-refractivity contribution is 7.20. The summed E-state index contributed by atoms with van der Waals surface area (Å²) >= 11 is 0. The fourth-order valence-electron chi connectivity index (χ4n) is 11.7. The van der Waals surface area contributed by atoms with Crippen LogP contribution in [0.25, 0.3) is 93.9 Å². The monoisotopic (exact) mass is 908 g/mol. The van der Waals surface area contributed by atoms with Gasteiger partial charge in [-0.3, -0.25) is 9.13 Å². The summed E-state index contributed by atoms with van der Waals surface area (Å²) < 4.78 is 7.17. The van der Waals surface area contributed by atoms with Crippen molar-refractivity contribution in [3.8, 4) is 28.5 Å². The summed E-state index contributed by atoms with van der Waals surface area (Å²) in [6.07, 6.45) is 0. The van der Waals surface area contributed by atoms with Gasteiger partial charge in [0.15, 0.2) is 8.07 Å². The lowest BCUT2D eigenvalue weighted by atomic mass is 10.1. The van der Waals surface area contributed by atoms with E-state index in [9.17, 15) is 0 Å². The van der Waals surface area contributed by atoms with E-state index in [1.165, 1.54) is 69.7 Å². The van der Waals surface area contributed by atoms with E-state index in [0.717, 1.165) is 45.0 Å². The normalized spacial score (nSPS) is 12.0. The van der Waals surface area contributed by atoms with Gasteiger partial charge in [-0.25, -0.2) is 4.98 Å². The van der Waals surface area contributed by atoms with Crippen LogP contribution in [0.5, 0.6) is 0 Å². The smallest absolute Gasteiger partial charge is 0.180 e. The van der Waals surface area contributed by atoms with E-state index in [1.54, 1.807) is 0 Å². The van der Waals surface area contributed by atoms with Crippen molar-refractivity contribution in [1.29, 1.82) is 0 Å². The van der Waals surface area contributed by atoms with Gasteiger partial charge < -0.3 is 4.57 Å². The number of benzene rings is 10. The van der Waals surface area contributed by atoms with Crippen LogP contribution in [0.2, 0.25) is 0 Å². The highest BCUT2D eigenvalue weighted by atomic mass is 28.3. The maximum atomic E-state index is 5.80. The van der Waals surface area contributed by atoms with Gasteiger partial charge in [-0.2, -0.15) is 0 Å². The van der Waals surface area contributed by atoms with Crippen LogP contribution in [0, 0.1) is 0 Å². The average molecular weight is 909 g/mol. The number of aromatic nitrogens is 4. The Morgan fingerprint density at radius 3 is 1.06 bits per heavy atom. The minimum Gasteiger partial charge on any atom is -0.309 e. The molecule has 70 heavy (non-hydrogen) atoms. The SMILES string of the molecule is c1ccc([Si](c2ccccc2)(c2ccccc2)c2ccccc2-c2cc(-n3c4ccccc4c4ccccc43)nc(-n3c4ccccc4c4cc(-n5c6ccccc6c6ccccc65)ccc43)c2)cc1. The third-order valence-electron chi connectivity index (χ3n) is 14.6. The molecule has 0 fully saturated rings. The molecule has 0 amide bonds. The molecule has 0 atom stereocenters. The van der Waals surface area contributed by atoms with Gasteiger partial charge in [0.2, 0.25) is 0 Å². The lowest BCUT2D eigenvalue weighted by molar-refractivity contribution is 1.01. The maximum absolute atomic E-state index is 5.80. The lowest BCUT2D eigenvalue weighted by Gasteiger charge is -2.36. The molecule has 4 nitrogen and oxygen atoms in total. The van der Waals surface area contributed by atoms with E-state index in [4.69, 9.17) is 4.98 Å². The Kier molecular flexibility index (Phi) is 9.19. The molecule has 4 heterocycles. The van der Waals surface area contributed by atoms with Gasteiger partial charge in [0.05, 0.1) is 33.1 Å². The first kappa shape index (κ1) is 40.1. The standard InChI is InChI=1S/C65H44N4Si/c1-4-22-47(23-5-1)70(48-24-6-2-7-25-48,49-26-8-3-9-27-49)63-39-21-15-28-50(63)45-42-64(68-59-36-18-12-31-53(59)54-32-13-19-37-60(54)68)66-65(43-45)69-61-38-20-14-33-55(61)56-44-46(40-41-62(56)69)67-57-34-16-10-29-51(57)52-30-11-17-35-58(52)67/h1-44H. The molecular formula is C65H44N4Si. The van der Waals surface area contributed by atoms with E-state index >= 15 is 0 Å². The van der Waals surface area contributed by atoms with Crippen LogP contribution in [-0.4, -0.2) is 26.8 Å². The third-order valence-corrected chi connectivity index (χ3v) is 19.4. The van der Waals surface area contributed by atoms with E-state index < -0.39 is 8.07 Å². The van der Waals surface area contributed by atoms with Crippen molar-refractivity contribution in [1.82, 2.24) is 18.7 Å². The molecule has 10 aromatic carbocycles. The topological polar surface area (TPSA) is 27.7 Å². The summed E-state index contributed by atoms with van der Waals surface area (Å²) in [5, 5.41) is 12.6. The Morgan fingerprint density at radius 2 is 0.614 bits per heavy atom. The molecule has 14 rings (SSSR count). The second kappa shape index (κ2) is 16.1. The summed E-state index contributed by atoms with van der Waals surface area (Å²) in [5.41, 5.74) is 10.2. The highest BCUT2D eigenvalue weighted by Crippen LogP contribution is 2.39. The van der Waals surface area contributed by atoms with Crippen LogP contribution in [0.4, 0.5) is 0 Å². The molecule has 328 valence electrons. The van der Waals surface area contributed by atoms with Gasteiger partial charge in [-0.1, -0.05) is 206 Å². The first-order valence-electron chi connectivity index (χ1n) is 24.0. The molecule has 0 radical (unpaired) electrons. The predicted octanol–water partition coefficient (Wildman–Crippen LogP) is 13.4. The molecule has 0 bridgehead atoms. The number of hydrogen-bond donors (Lipinski definition) is 0. The molecule has 0 saturated carbocycles. The van der Waals surface area contributed by atoms with Gasteiger partial charge in [-0.05, 0) is 92.5 Å². The van der Waals surface area contributed by atoms with Crippen molar-refractivity contribution in [2.75, 3.05) is 0 Å². The van der Waals surface area contributed by atoms with Gasteiger partial charge >= 0.3 is 0 Å². The van der Waals surface area contributed by atoms with Crippen molar-refractivity contribution in [2.45, 2.75) is 0 Å². The minimum absolute atomic E-state index is 0.853. The van der Waals surface area contributed by atoms with Gasteiger partial charge in [0, 0.05) is 38.0 Å². The first-order chi connectivity index (χ1) is 34.8. The van der Waals surface area contributed by atoms with E-state index in [1.807, 2.05) is 0 Å². The number of nitrogens with zero attached hydrogens (tertiary/aromatic N) is 4. The highest BCUT2D eigenvalue weighted by Gasteiger charge is 2.43. The Balaban J connectivity index is 1.08. The van der Waals surface area contributed by atoms with Crippen LogP contribution in [0.1, 0.15) is 0 Å². The number of para-hydroxylation sites is 5. The van der Waals surface area contributed by atoms with Crippen molar-refractivity contribution < 1.29 is 0 Å². The van der Waals surface area contributed by atoms with Crippen LogP contribution in [0.3, 0.4) is 0 Å². The van der Waals surface area contributed by atoms with E-state index in [0.29, 0.717) is 0 Å². The van der Waals surface area contributed by atoms with Crippen LogP contribution >= 0.6 is 0 Å². The van der Waals surface area contributed by atoms with Crippen LogP contribution in [0.15, 0.2) is 267 Å². The van der Waals surface area contributed by atoms with E-state index in [-0.39, 0.29) is 0 Å². The van der Waals surface area contributed by atoms with Gasteiger partial charge in [-0.15, -0.1) is 0 Å². The molecule has 14 aromatic rings. The van der Waals surface area contributed by atoms with Crippen molar-refractivity contribution in [2.24, 2.45) is 0 Å². The number of hydrogen-bond acceptors (Lipinski definition) is 1. The van der Waals surface area contributed by atoms with Crippen LogP contribution in [-0.2, 0) is 0 Å². The molecule has 0 saturated heterocycles. The van der Waals surface area contributed by atoms with Crippen molar-refractivity contribution >= 4 is 94.2 Å². The Labute approximate surface area is 406 Å². The fraction of sp³-hybridized carbons (Fsp3) is 0. The molecule has 0 spiro atoms. The van der Waals surface area contributed by atoms with E-state index in [2.05, 4.69) is 281 Å². The molecule has 4 aromatic heterocycles. The van der Waals surface area contributed by atoms with Crippen molar-refractivity contribution in [3.05, 3.63) is 267 Å². The van der Waals surface area contributed by atoms with Gasteiger partial charge in [0.25, 0.3) is 0 Å². The quantitative estimate of drug-likeness (QED) is 0.110. The summed E-state index contributed by atoms with van der Waals surface area (Å²) in [7, 11) is -2.98. The number of rotatable bonds is 8. The molecule has 0 unspecified atom stereocenters. The summed E-state index contributed by atoms with van der Waals surface area (Å²) in [6.45, 7) is 0. The molecule has 0 N–H and O–H groups in total. The summed E-state index contributed by atoms with van der Waals surface area (Å²) in [4.78, 5) is 5.80. The average Bonchev–Trinajstić information content (AvgIpc) is 4.08. The zero-order valence-electron chi connectivity index (χ0n) is 38.2. The Hall–Kier alpha value is -9.03. The fourth-order valence-corrected chi connectivity index (χ4v) is 16.7. The summed E-state index contributed by atoms with van der Waals surface area (Å²) in [6, 6.07) is 98.2. The predicted molar refractivity (Wildman–Crippen MR) is 296 cm³/mol. The summed E-state index contributed by atoms with van der Waals surface area (Å²) in [5.74, 6) is 1.71. The largest absolute Gasteiger partial charge is 0.309 e. The molecular weight excluding hydrogens is 865 g/mol. The Bertz CT molecular complexity index is 4100. The molecule has 0 aliphatic rings.